The Labute approximate surface area is 121 Å². The molecule has 0 amide bonds. The van der Waals surface area contributed by atoms with Gasteiger partial charge >= 0.3 is 0 Å². The first-order valence-electron chi connectivity index (χ1n) is 6.37. The van der Waals surface area contributed by atoms with Crippen LogP contribution < -0.4 is 4.74 Å². The van der Waals surface area contributed by atoms with Gasteiger partial charge in [0.25, 0.3) is 0 Å². The van der Waals surface area contributed by atoms with Crippen molar-refractivity contribution in [3.05, 3.63) is 60.5 Å². The minimum atomic E-state index is -0.379. The fraction of sp³-hybridized carbons (Fsp3) is 0.0625. The molecular formula is C16H13FN2O2. The Kier molecular flexibility index (Phi) is 3.31. The number of hydrogen-bond donors (Lipinski definition) is 1. The second-order valence-electron chi connectivity index (χ2n) is 4.46. The standard InChI is InChI=1S/C16H13FN2O2/c1-21-11-6-7-12(16(20)10-11)14-8-9-18-19(14)15-5-3-2-4-13(15)17/h2-10,20H,1H3. The molecule has 4 nitrogen and oxygen atoms in total. The molecular weight excluding hydrogens is 271 g/mol. The van der Waals surface area contributed by atoms with E-state index in [-0.39, 0.29) is 11.6 Å². The van der Waals surface area contributed by atoms with Crippen molar-refractivity contribution in [1.82, 2.24) is 9.78 Å². The number of rotatable bonds is 3. The predicted molar refractivity (Wildman–Crippen MR) is 77.2 cm³/mol. The van der Waals surface area contributed by atoms with Crippen molar-refractivity contribution < 1.29 is 14.2 Å². The van der Waals surface area contributed by atoms with Crippen LogP contribution in [0.4, 0.5) is 4.39 Å². The van der Waals surface area contributed by atoms with Crippen molar-refractivity contribution in [1.29, 1.82) is 0 Å². The van der Waals surface area contributed by atoms with E-state index < -0.39 is 0 Å². The van der Waals surface area contributed by atoms with Gasteiger partial charge in [0.05, 0.1) is 19.0 Å². The number of methoxy groups -OCH3 is 1. The van der Waals surface area contributed by atoms with E-state index in [9.17, 15) is 9.50 Å². The minimum absolute atomic E-state index is 0.0486. The van der Waals surface area contributed by atoms with Crippen LogP contribution in [-0.4, -0.2) is 22.0 Å². The molecule has 0 bridgehead atoms. The molecule has 3 aromatic rings. The molecule has 0 saturated heterocycles. The molecule has 0 aliphatic carbocycles. The molecule has 0 atom stereocenters. The first-order valence-corrected chi connectivity index (χ1v) is 6.37. The molecule has 0 fully saturated rings. The van der Waals surface area contributed by atoms with Crippen LogP contribution in [0.15, 0.2) is 54.7 Å². The lowest BCUT2D eigenvalue weighted by Gasteiger charge is -2.10. The van der Waals surface area contributed by atoms with Crippen LogP contribution in [0.1, 0.15) is 0 Å². The monoisotopic (exact) mass is 284 g/mol. The molecule has 0 saturated carbocycles. The number of benzene rings is 2. The van der Waals surface area contributed by atoms with Gasteiger partial charge in [-0.1, -0.05) is 12.1 Å². The van der Waals surface area contributed by atoms with E-state index in [1.165, 1.54) is 23.9 Å². The van der Waals surface area contributed by atoms with Crippen molar-refractivity contribution in [2.24, 2.45) is 0 Å². The van der Waals surface area contributed by atoms with Crippen LogP contribution in [0, 0.1) is 5.82 Å². The number of hydrogen-bond acceptors (Lipinski definition) is 3. The summed E-state index contributed by atoms with van der Waals surface area (Å²) in [7, 11) is 1.53. The maximum absolute atomic E-state index is 13.9. The summed E-state index contributed by atoms with van der Waals surface area (Å²) in [5.41, 5.74) is 1.48. The molecule has 21 heavy (non-hydrogen) atoms. The molecule has 0 aliphatic heterocycles. The van der Waals surface area contributed by atoms with Crippen LogP contribution in [0.2, 0.25) is 0 Å². The lowest BCUT2D eigenvalue weighted by Crippen LogP contribution is -2.01. The Balaban J connectivity index is 2.14. The third-order valence-electron chi connectivity index (χ3n) is 3.20. The van der Waals surface area contributed by atoms with Gasteiger partial charge in [0.15, 0.2) is 0 Å². The Morgan fingerprint density at radius 1 is 1.14 bits per heavy atom. The average molecular weight is 284 g/mol. The smallest absolute Gasteiger partial charge is 0.148 e. The first kappa shape index (κ1) is 13.2. The summed E-state index contributed by atoms with van der Waals surface area (Å²) in [6.45, 7) is 0. The van der Waals surface area contributed by atoms with E-state index in [0.29, 0.717) is 22.7 Å². The summed E-state index contributed by atoms with van der Waals surface area (Å²) in [5, 5.41) is 14.3. The second-order valence-corrected chi connectivity index (χ2v) is 4.46. The van der Waals surface area contributed by atoms with Crippen LogP contribution in [0.3, 0.4) is 0 Å². The highest BCUT2D eigenvalue weighted by atomic mass is 19.1. The SMILES string of the molecule is COc1ccc(-c2ccnn2-c2ccccc2F)c(O)c1. The van der Waals surface area contributed by atoms with Crippen LogP contribution >= 0.6 is 0 Å². The highest BCUT2D eigenvalue weighted by Crippen LogP contribution is 2.33. The lowest BCUT2D eigenvalue weighted by atomic mass is 10.1. The normalized spacial score (nSPS) is 10.6. The zero-order chi connectivity index (χ0) is 14.8. The quantitative estimate of drug-likeness (QED) is 0.802. The molecule has 2 aromatic carbocycles. The Hall–Kier alpha value is -2.82. The molecule has 0 spiro atoms. The summed E-state index contributed by atoms with van der Waals surface area (Å²) >= 11 is 0. The maximum Gasteiger partial charge on any atom is 0.148 e. The number of ether oxygens (including phenoxy) is 1. The van der Waals surface area contributed by atoms with Crippen molar-refractivity contribution >= 4 is 0 Å². The van der Waals surface area contributed by atoms with Crippen molar-refractivity contribution in [3.63, 3.8) is 0 Å². The third-order valence-corrected chi connectivity index (χ3v) is 3.20. The van der Waals surface area contributed by atoms with E-state index in [1.54, 1.807) is 42.6 Å². The molecule has 1 aromatic heterocycles. The summed E-state index contributed by atoms with van der Waals surface area (Å²) in [4.78, 5) is 0. The van der Waals surface area contributed by atoms with Gasteiger partial charge in [-0.25, -0.2) is 9.07 Å². The summed E-state index contributed by atoms with van der Waals surface area (Å²) in [5.74, 6) is 0.219. The number of para-hydroxylation sites is 1. The molecule has 106 valence electrons. The van der Waals surface area contributed by atoms with Gasteiger partial charge in [0, 0.05) is 11.6 Å². The lowest BCUT2D eigenvalue weighted by molar-refractivity contribution is 0.408. The fourth-order valence-corrected chi connectivity index (χ4v) is 2.18. The van der Waals surface area contributed by atoms with Gasteiger partial charge in [0.1, 0.15) is 23.0 Å². The Morgan fingerprint density at radius 3 is 2.67 bits per heavy atom. The Bertz CT molecular complexity index is 783. The summed E-state index contributed by atoms with van der Waals surface area (Å²) in [6, 6.07) is 13.0. The molecule has 1 heterocycles. The third kappa shape index (κ3) is 2.33. The van der Waals surface area contributed by atoms with E-state index in [0.717, 1.165) is 0 Å². The van der Waals surface area contributed by atoms with Crippen LogP contribution in [0.25, 0.3) is 16.9 Å². The zero-order valence-electron chi connectivity index (χ0n) is 11.3. The van der Waals surface area contributed by atoms with E-state index in [4.69, 9.17) is 4.74 Å². The van der Waals surface area contributed by atoms with Crippen molar-refractivity contribution in [3.8, 4) is 28.4 Å². The van der Waals surface area contributed by atoms with Crippen molar-refractivity contribution in [2.75, 3.05) is 7.11 Å². The molecule has 5 heteroatoms. The van der Waals surface area contributed by atoms with Crippen molar-refractivity contribution in [2.45, 2.75) is 0 Å². The first-order chi connectivity index (χ1) is 10.2. The predicted octanol–water partition coefficient (Wildman–Crippen LogP) is 3.39. The summed E-state index contributed by atoms with van der Waals surface area (Å²) < 4.78 is 20.4. The summed E-state index contributed by atoms with van der Waals surface area (Å²) in [6.07, 6.45) is 1.56. The Morgan fingerprint density at radius 2 is 1.95 bits per heavy atom. The molecule has 0 radical (unpaired) electrons. The molecule has 0 aliphatic rings. The topological polar surface area (TPSA) is 47.3 Å². The van der Waals surface area contributed by atoms with E-state index in [1.807, 2.05) is 0 Å². The molecule has 3 rings (SSSR count). The van der Waals surface area contributed by atoms with E-state index in [2.05, 4.69) is 5.10 Å². The van der Waals surface area contributed by atoms with Gasteiger partial charge in [-0.15, -0.1) is 0 Å². The zero-order valence-corrected chi connectivity index (χ0v) is 11.3. The fourth-order valence-electron chi connectivity index (χ4n) is 2.18. The molecule has 0 unspecified atom stereocenters. The van der Waals surface area contributed by atoms with Gasteiger partial charge < -0.3 is 9.84 Å². The number of halogens is 1. The van der Waals surface area contributed by atoms with Gasteiger partial charge in [-0.3, -0.25) is 0 Å². The minimum Gasteiger partial charge on any atom is -0.507 e. The average Bonchev–Trinajstić information content (AvgIpc) is 2.96. The number of aromatic nitrogens is 2. The number of phenols is 1. The van der Waals surface area contributed by atoms with E-state index >= 15 is 0 Å². The molecule has 1 N–H and O–H groups in total. The van der Waals surface area contributed by atoms with Crippen LogP contribution in [-0.2, 0) is 0 Å². The number of phenolic OH excluding ortho intramolecular Hbond substituents is 1. The van der Waals surface area contributed by atoms with Gasteiger partial charge in [-0.05, 0) is 30.3 Å². The number of aromatic hydroxyl groups is 1. The largest absolute Gasteiger partial charge is 0.507 e. The van der Waals surface area contributed by atoms with Gasteiger partial charge in [0.2, 0.25) is 0 Å². The second kappa shape index (κ2) is 5.28. The maximum atomic E-state index is 13.9. The highest BCUT2D eigenvalue weighted by molar-refractivity contribution is 5.69. The highest BCUT2D eigenvalue weighted by Gasteiger charge is 2.14. The number of nitrogens with zero attached hydrogens (tertiary/aromatic N) is 2. The van der Waals surface area contributed by atoms with Crippen LogP contribution in [0.5, 0.6) is 11.5 Å². The van der Waals surface area contributed by atoms with Gasteiger partial charge in [-0.2, -0.15) is 5.10 Å².